The number of hydrogen-bond acceptors (Lipinski definition) is 3. The van der Waals surface area contributed by atoms with Crippen LogP contribution in [0.4, 0.5) is 0 Å². The van der Waals surface area contributed by atoms with Gasteiger partial charge in [0.05, 0.1) is 5.56 Å². The van der Waals surface area contributed by atoms with Crippen LogP contribution in [0.5, 0.6) is 5.75 Å². The van der Waals surface area contributed by atoms with Crippen LogP contribution in [-0.4, -0.2) is 11.0 Å². The van der Waals surface area contributed by atoms with E-state index in [0.29, 0.717) is 6.54 Å². The number of aromatic hydroxyl groups is 1. The normalized spacial score (nSPS) is 13.0. The van der Waals surface area contributed by atoms with E-state index in [0.717, 1.165) is 23.1 Å². The van der Waals surface area contributed by atoms with E-state index >= 15 is 0 Å². The van der Waals surface area contributed by atoms with Gasteiger partial charge in [0.2, 0.25) is 0 Å². The molecule has 0 radical (unpaired) electrons. The molecule has 0 aromatic heterocycles. The molecule has 108 valence electrons. The average molecular weight is 347 g/mol. The molecule has 5 heteroatoms. The van der Waals surface area contributed by atoms with Gasteiger partial charge in [-0.3, -0.25) is 4.79 Å². The highest BCUT2D eigenvalue weighted by atomic mass is 79.9. The Morgan fingerprint density at radius 2 is 2.00 bits per heavy atom. The Hall–Kier alpha value is -1.85. The second-order valence-electron chi connectivity index (χ2n) is 5.05. The van der Waals surface area contributed by atoms with Gasteiger partial charge in [-0.25, -0.2) is 0 Å². The lowest BCUT2D eigenvalue weighted by Crippen LogP contribution is -2.22. The molecule has 2 aromatic carbocycles. The summed E-state index contributed by atoms with van der Waals surface area (Å²) in [5.41, 5.74) is 3.94. The van der Waals surface area contributed by atoms with Crippen molar-refractivity contribution < 1.29 is 9.90 Å². The molecule has 0 atom stereocenters. The van der Waals surface area contributed by atoms with Gasteiger partial charge >= 0.3 is 0 Å². The molecule has 2 aromatic rings. The summed E-state index contributed by atoms with van der Waals surface area (Å²) in [7, 11) is 0. The molecule has 3 rings (SSSR count). The Morgan fingerprint density at radius 1 is 1.19 bits per heavy atom. The van der Waals surface area contributed by atoms with Gasteiger partial charge in [0, 0.05) is 24.1 Å². The Kier molecular flexibility index (Phi) is 3.94. The van der Waals surface area contributed by atoms with Crippen LogP contribution in [0.15, 0.2) is 40.9 Å². The van der Waals surface area contributed by atoms with Crippen LogP contribution >= 0.6 is 15.9 Å². The van der Waals surface area contributed by atoms with Crippen molar-refractivity contribution in [2.45, 2.75) is 19.6 Å². The predicted octanol–water partition coefficient (Wildman–Crippen LogP) is 2.69. The summed E-state index contributed by atoms with van der Waals surface area (Å²) < 4.78 is 0.739. The number of carbonyl (C=O) groups excluding carboxylic acids is 1. The van der Waals surface area contributed by atoms with Gasteiger partial charge in [0.15, 0.2) is 0 Å². The predicted molar refractivity (Wildman–Crippen MR) is 84.0 cm³/mol. The Labute approximate surface area is 131 Å². The minimum absolute atomic E-state index is 0.0278. The van der Waals surface area contributed by atoms with Crippen LogP contribution in [0.2, 0.25) is 0 Å². The van der Waals surface area contributed by atoms with E-state index in [-0.39, 0.29) is 17.2 Å². The quantitative estimate of drug-likeness (QED) is 0.800. The van der Waals surface area contributed by atoms with E-state index in [1.807, 2.05) is 6.07 Å². The van der Waals surface area contributed by atoms with Gasteiger partial charge in [-0.1, -0.05) is 34.1 Å². The molecule has 0 bridgehead atoms. The fourth-order valence-electron chi connectivity index (χ4n) is 2.43. The molecule has 0 fully saturated rings. The highest BCUT2D eigenvalue weighted by Gasteiger charge is 2.13. The molecule has 0 unspecified atom stereocenters. The van der Waals surface area contributed by atoms with Crippen LogP contribution in [0.25, 0.3) is 0 Å². The summed E-state index contributed by atoms with van der Waals surface area (Å²) in [4.78, 5) is 12.1. The van der Waals surface area contributed by atoms with Crippen LogP contribution in [-0.2, 0) is 19.6 Å². The van der Waals surface area contributed by atoms with E-state index in [9.17, 15) is 9.90 Å². The molecule has 0 saturated carbocycles. The minimum Gasteiger partial charge on any atom is -0.507 e. The first-order valence-electron chi connectivity index (χ1n) is 6.71. The van der Waals surface area contributed by atoms with E-state index < -0.39 is 0 Å². The van der Waals surface area contributed by atoms with Crippen LogP contribution in [0, 0.1) is 0 Å². The number of carbonyl (C=O) groups is 1. The van der Waals surface area contributed by atoms with Gasteiger partial charge in [-0.05, 0) is 34.9 Å². The zero-order valence-electron chi connectivity index (χ0n) is 11.3. The monoisotopic (exact) mass is 346 g/mol. The van der Waals surface area contributed by atoms with E-state index in [2.05, 4.69) is 38.7 Å². The van der Waals surface area contributed by atoms with Gasteiger partial charge in [-0.15, -0.1) is 0 Å². The summed E-state index contributed by atoms with van der Waals surface area (Å²) in [5, 5.41) is 15.9. The van der Waals surface area contributed by atoms with Gasteiger partial charge in [0.25, 0.3) is 5.91 Å². The average Bonchev–Trinajstić information content (AvgIpc) is 2.92. The van der Waals surface area contributed by atoms with Crippen molar-refractivity contribution in [3.63, 3.8) is 0 Å². The molecule has 1 heterocycles. The number of phenols is 1. The fraction of sp³-hybridized carbons (Fsp3) is 0.188. The molecular weight excluding hydrogens is 332 g/mol. The highest BCUT2D eigenvalue weighted by molar-refractivity contribution is 9.10. The number of nitrogens with one attached hydrogen (secondary N) is 2. The first kappa shape index (κ1) is 14.1. The number of hydrogen-bond donors (Lipinski definition) is 3. The molecule has 1 amide bonds. The lowest BCUT2D eigenvalue weighted by Gasteiger charge is -2.08. The summed E-state index contributed by atoms with van der Waals surface area (Å²) in [6.07, 6.45) is 0. The zero-order valence-corrected chi connectivity index (χ0v) is 12.9. The third kappa shape index (κ3) is 3.09. The molecule has 3 N–H and O–H groups in total. The van der Waals surface area contributed by atoms with Gasteiger partial charge in [-0.2, -0.15) is 0 Å². The van der Waals surface area contributed by atoms with Crippen LogP contribution in [0.1, 0.15) is 27.0 Å². The lowest BCUT2D eigenvalue weighted by molar-refractivity contribution is 0.0948. The number of amides is 1. The highest BCUT2D eigenvalue weighted by Crippen LogP contribution is 2.22. The van der Waals surface area contributed by atoms with Crippen LogP contribution in [0.3, 0.4) is 0 Å². The lowest BCUT2D eigenvalue weighted by atomic mass is 10.1. The Morgan fingerprint density at radius 3 is 2.81 bits per heavy atom. The smallest absolute Gasteiger partial charge is 0.255 e. The maximum Gasteiger partial charge on any atom is 0.255 e. The fourth-order valence-corrected chi connectivity index (χ4v) is 2.78. The molecule has 0 aliphatic carbocycles. The van der Waals surface area contributed by atoms with Crippen LogP contribution < -0.4 is 10.6 Å². The number of halogens is 1. The Bertz CT molecular complexity index is 701. The molecule has 0 spiro atoms. The second kappa shape index (κ2) is 5.87. The second-order valence-corrected chi connectivity index (χ2v) is 5.97. The topological polar surface area (TPSA) is 61.4 Å². The first-order chi connectivity index (χ1) is 10.1. The summed E-state index contributed by atoms with van der Waals surface area (Å²) in [6, 6.07) is 11.1. The third-order valence-electron chi connectivity index (χ3n) is 3.56. The van der Waals surface area contributed by atoms with Crippen molar-refractivity contribution in [3.8, 4) is 5.75 Å². The van der Waals surface area contributed by atoms with Crippen molar-refractivity contribution in [2.24, 2.45) is 0 Å². The third-order valence-corrected chi connectivity index (χ3v) is 4.05. The van der Waals surface area contributed by atoms with Crippen molar-refractivity contribution in [1.29, 1.82) is 0 Å². The maximum absolute atomic E-state index is 12.1. The number of benzene rings is 2. The standard InChI is InChI=1S/C16H15BrN2O2/c17-13-3-4-14(15(20)6-13)16(21)19-7-10-1-2-11-8-18-9-12(11)5-10/h1-6,18,20H,7-9H2,(H,19,21). The maximum atomic E-state index is 12.1. The van der Waals surface area contributed by atoms with Crippen molar-refractivity contribution in [1.82, 2.24) is 10.6 Å². The molecule has 4 nitrogen and oxygen atoms in total. The summed E-state index contributed by atoms with van der Waals surface area (Å²) in [6.45, 7) is 2.24. The van der Waals surface area contributed by atoms with Gasteiger partial charge < -0.3 is 15.7 Å². The van der Waals surface area contributed by atoms with E-state index in [1.165, 1.54) is 17.2 Å². The largest absolute Gasteiger partial charge is 0.507 e. The van der Waals surface area contributed by atoms with Crippen molar-refractivity contribution in [3.05, 3.63) is 63.1 Å². The molecule has 21 heavy (non-hydrogen) atoms. The zero-order chi connectivity index (χ0) is 14.8. The number of fused-ring (bicyclic) bond motifs is 1. The molecule has 1 aliphatic heterocycles. The summed E-state index contributed by atoms with van der Waals surface area (Å²) >= 11 is 3.25. The van der Waals surface area contributed by atoms with E-state index in [4.69, 9.17) is 0 Å². The van der Waals surface area contributed by atoms with Gasteiger partial charge in [0.1, 0.15) is 5.75 Å². The Balaban J connectivity index is 1.68. The number of phenolic OH excluding ortho intramolecular Hbond substituents is 1. The van der Waals surface area contributed by atoms with Crippen molar-refractivity contribution >= 4 is 21.8 Å². The molecular formula is C16H15BrN2O2. The SMILES string of the molecule is O=C(NCc1ccc2c(c1)CNC2)c1ccc(Br)cc1O. The summed E-state index contributed by atoms with van der Waals surface area (Å²) in [5.74, 6) is -0.307. The molecule has 1 aliphatic rings. The number of rotatable bonds is 3. The minimum atomic E-state index is -0.279. The first-order valence-corrected chi connectivity index (χ1v) is 7.51. The van der Waals surface area contributed by atoms with E-state index in [1.54, 1.807) is 12.1 Å². The van der Waals surface area contributed by atoms with Crippen molar-refractivity contribution in [2.75, 3.05) is 0 Å². The molecule has 0 saturated heterocycles.